The summed E-state index contributed by atoms with van der Waals surface area (Å²) in [7, 11) is 1.38. The normalized spacial score (nSPS) is 10.2. The third kappa shape index (κ3) is 4.80. The van der Waals surface area contributed by atoms with Crippen LogP contribution in [0.3, 0.4) is 0 Å². The van der Waals surface area contributed by atoms with E-state index in [9.17, 15) is 4.79 Å². The van der Waals surface area contributed by atoms with Crippen molar-refractivity contribution >= 4 is 17.6 Å². The number of hydrogen-bond acceptors (Lipinski definition) is 3. The van der Waals surface area contributed by atoms with E-state index in [-0.39, 0.29) is 5.97 Å². The summed E-state index contributed by atoms with van der Waals surface area (Å²) in [6, 6.07) is 15.5. The summed E-state index contributed by atoms with van der Waals surface area (Å²) in [6.45, 7) is 0.474. The molecule has 110 valence electrons. The molecule has 3 nitrogen and oxygen atoms in total. The standard InChI is InChI=1S/C17H17ClO3/c1-20-17(19)10-8-13-7-9-16(15(18)11-13)21-12-14-5-3-2-4-6-14/h2-7,9,11H,8,10,12H2,1H3. The molecule has 0 aliphatic rings. The average Bonchev–Trinajstić information content (AvgIpc) is 2.52. The van der Waals surface area contributed by atoms with Crippen LogP contribution in [-0.4, -0.2) is 13.1 Å². The lowest BCUT2D eigenvalue weighted by Gasteiger charge is -2.09. The van der Waals surface area contributed by atoms with Crippen LogP contribution in [0.5, 0.6) is 5.75 Å². The highest BCUT2D eigenvalue weighted by atomic mass is 35.5. The van der Waals surface area contributed by atoms with Crippen molar-refractivity contribution in [2.45, 2.75) is 19.4 Å². The number of rotatable bonds is 6. The van der Waals surface area contributed by atoms with Crippen molar-refractivity contribution in [3.8, 4) is 5.75 Å². The topological polar surface area (TPSA) is 35.5 Å². The van der Waals surface area contributed by atoms with Crippen LogP contribution < -0.4 is 4.74 Å². The van der Waals surface area contributed by atoms with Gasteiger partial charge in [-0.05, 0) is 29.7 Å². The van der Waals surface area contributed by atoms with Crippen LogP contribution >= 0.6 is 11.6 Å². The SMILES string of the molecule is COC(=O)CCc1ccc(OCc2ccccc2)c(Cl)c1. The Labute approximate surface area is 129 Å². The van der Waals surface area contributed by atoms with E-state index in [0.717, 1.165) is 11.1 Å². The number of hydrogen-bond donors (Lipinski definition) is 0. The Hall–Kier alpha value is -2.00. The summed E-state index contributed by atoms with van der Waals surface area (Å²) < 4.78 is 10.3. The van der Waals surface area contributed by atoms with Crippen LogP contribution in [0.2, 0.25) is 5.02 Å². The van der Waals surface area contributed by atoms with Gasteiger partial charge in [0.15, 0.2) is 0 Å². The predicted molar refractivity (Wildman–Crippen MR) is 82.6 cm³/mol. The highest BCUT2D eigenvalue weighted by Crippen LogP contribution is 2.26. The first kappa shape index (κ1) is 15.4. The Bertz CT molecular complexity index is 596. The van der Waals surface area contributed by atoms with E-state index in [1.165, 1.54) is 7.11 Å². The first-order chi connectivity index (χ1) is 10.2. The molecule has 0 aliphatic heterocycles. The number of halogens is 1. The number of esters is 1. The largest absolute Gasteiger partial charge is 0.487 e. The van der Waals surface area contributed by atoms with Gasteiger partial charge in [0.1, 0.15) is 12.4 Å². The summed E-state index contributed by atoms with van der Waals surface area (Å²) in [5.41, 5.74) is 2.07. The number of benzene rings is 2. The van der Waals surface area contributed by atoms with Crippen molar-refractivity contribution < 1.29 is 14.3 Å². The van der Waals surface area contributed by atoms with Crippen molar-refractivity contribution in [3.05, 3.63) is 64.7 Å². The second kappa shape index (κ2) is 7.70. The van der Waals surface area contributed by atoms with Crippen LogP contribution in [-0.2, 0) is 22.6 Å². The monoisotopic (exact) mass is 304 g/mol. The molecule has 4 heteroatoms. The Kier molecular flexibility index (Phi) is 5.64. The molecule has 0 aliphatic carbocycles. The molecule has 0 fully saturated rings. The minimum absolute atomic E-state index is 0.226. The van der Waals surface area contributed by atoms with Crippen LogP contribution in [0.25, 0.3) is 0 Å². The summed E-state index contributed by atoms with van der Waals surface area (Å²) in [6.07, 6.45) is 0.947. The Balaban J connectivity index is 1.94. The second-order valence-corrected chi connectivity index (χ2v) is 5.02. The van der Waals surface area contributed by atoms with Crippen LogP contribution in [0.4, 0.5) is 0 Å². The van der Waals surface area contributed by atoms with Gasteiger partial charge >= 0.3 is 5.97 Å². The van der Waals surface area contributed by atoms with Gasteiger partial charge < -0.3 is 9.47 Å². The van der Waals surface area contributed by atoms with Crippen molar-refractivity contribution in [2.75, 3.05) is 7.11 Å². The van der Waals surface area contributed by atoms with Gasteiger partial charge in [0.25, 0.3) is 0 Å². The molecule has 2 aromatic carbocycles. The van der Waals surface area contributed by atoms with Crippen molar-refractivity contribution in [2.24, 2.45) is 0 Å². The maximum atomic E-state index is 11.1. The molecule has 2 rings (SSSR count). The van der Waals surface area contributed by atoms with Crippen LogP contribution in [0.15, 0.2) is 48.5 Å². The molecule has 0 bridgehead atoms. The Morgan fingerprint density at radius 2 is 1.86 bits per heavy atom. The van der Waals surface area contributed by atoms with Gasteiger partial charge in [0, 0.05) is 6.42 Å². The molecule has 0 amide bonds. The third-order valence-electron chi connectivity index (χ3n) is 3.08. The van der Waals surface area contributed by atoms with Gasteiger partial charge in [0.05, 0.1) is 12.1 Å². The van der Waals surface area contributed by atoms with E-state index in [4.69, 9.17) is 16.3 Å². The lowest BCUT2D eigenvalue weighted by atomic mass is 10.1. The van der Waals surface area contributed by atoms with Gasteiger partial charge in [-0.15, -0.1) is 0 Å². The molecule has 0 heterocycles. The van der Waals surface area contributed by atoms with Gasteiger partial charge in [-0.25, -0.2) is 0 Å². The van der Waals surface area contributed by atoms with Crippen molar-refractivity contribution in [1.29, 1.82) is 0 Å². The molecule has 0 atom stereocenters. The average molecular weight is 305 g/mol. The minimum Gasteiger partial charge on any atom is -0.487 e. The molecular weight excluding hydrogens is 288 g/mol. The summed E-state index contributed by atoms with van der Waals surface area (Å²) >= 11 is 6.20. The first-order valence-corrected chi connectivity index (χ1v) is 7.09. The maximum absolute atomic E-state index is 11.1. The molecule has 0 aromatic heterocycles. The number of carbonyl (C=O) groups excluding carboxylic acids is 1. The summed E-state index contributed by atoms with van der Waals surface area (Å²) in [4.78, 5) is 11.1. The van der Waals surface area contributed by atoms with Gasteiger partial charge in [-0.1, -0.05) is 48.0 Å². The van der Waals surface area contributed by atoms with Gasteiger partial charge in [-0.2, -0.15) is 0 Å². The number of carbonyl (C=O) groups is 1. The third-order valence-corrected chi connectivity index (χ3v) is 3.37. The molecule has 0 N–H and O–H groups in total. The van der Waals surface area contributed by atoms with E-state index in [1.807, 2.05) is 48.5 Å². The highest BCUT2D eigenvalue weighted by molar-refractivity contribution is 6.32. The number of methoxy groups -OCH3 is 1. The zero-order chi connectivity index (χ0) is 15.1. The summed E-state index contributed by atoms with van der Waals surface area (Å²) in [5, 5.41) is 0.549. The number of ether oxygens (including phenoxy) is 2. The molecular formula is C17H17ClO3. The van der Waals surface area contributed by atoms with Crippen LogP contribution in [0, 0.1) is 0 Å². The van der Waals surface area contributed by atoms with Crippen LogP contribution in [0.1, 0.15) is 17.5 Å². The van der Waals surface area contributed by atoms with Crippen molar-refractivity contribution in [1.82, 2.24) is 0 Å². The van der Waals surface area contributed by atoms with E-state index in [1.54, 1.807) is 0 Å². The molecule has 0 radical (unpaired) electrons. The second-order valence-electron chi connectivity index (χ2n) is 4.62. The Morgan fingerprint density at radius 3 is 2.52 bits per heavy atom. The minimum atomic E-state index is -0.226. The van der Waals surface area contributed by atoms with E-state index in [2.05, 4.69) is 4.74 Å². The molecule has 0 saturated carbocycles. The zero-order valence-electron chi connectivity index (χ0n) is 11.8. The molecule has 0 unspecified atom stereocenters. The fourth-order valence-corrected chi connectivity index (χ4v) is 2.16. The molecule has 0 saturated heterocycles. The smallest absolute Gasteiger partial charge is 0.305 e. The zero-order valence-corrected chi connectivity index (χ0v) is 12.6. The molecule has 2 aromatic rings. The number of aryl methyl sites for hydroxylation is 1. The predicted octanol–water partition coefficient (Wildman–Crippen LogP) is 4.02. The van der Waals surface area contributed by atoms with Gasteiger partial charge in [0.2, 0.25) is 0 Å². The lowest BCUT2D eigenvalue weighted by molar-refractivity contribution is -0.140. The first-order valence-electron chi connectivity index (χ1n) is 6.71. The molecule has 0 spiro atoms. The lowest BCUT2D eigenvalue weighted by Crippen LogP contribution is -2.02. The van der Waals surface area contributed by atoms with Crippen molar-refractivity contribution in [3.63, 3.8) is 0 Å². The van der Waals surface area contributed by atoms with Gasteiger partial charge in [-0.3, -0.25) is 4.79 Å². The Morgan fingerprint density at radius 1 is 1.10 bits per heavy atom. The molecule has 21 heavy (non-hydrogen) atoms. The fourth-order valence-electron chi connectivity index (χ4n) is 1.90. The van der Waals surface area contributed by atoms with E-state index in [0.29, 0.717) is 30.2 Å². The quantitative estimate of drug-likeness (QED) is 0.756. The van der Waals surface area contributed by atoms with E-state index >= 15 is 0 Å². The fraction of sp³-hybridized carbons (Fsp3) is 0.235. The highest BCUT2D eigenvalue weighted by Gasteiger charge is 2.06. The van der Waals surface area contributed by atoms with E-state index < -0.39 is 0 Å². The summed E-state index contributed by atoms with van der Waals surface area (Å²) in [5.74, 6) is 0.415. The maximum Gasteiger partial charge on any atom is 0.305 e.